The molecule has 2 aromatic carbocycles. The van der Waals surface area contributed by atoms with Gasteiger partial charge in [0.05, 0.1) is 12.1 Å². The third kappa shape index (κ3) is 2.98. The van der Waals surface area contributed by atoms with Gasteiger partial charge >= 0.3 is 0 Å². The SMILES string of the molecule is NNC(c1ccc(OC2CC2)cc1)c1cccc(F)c1. The van der Waals surface area contributed by atoms with E-state index in [2.05, 4.69) is 5.43 Å². The highest BCUT2D eigenvalue weighted by atomic mass is 19.1. The van der Waals surface area contributed by atoms with Crippen molar-refractivity contribution in [1.29, 1.82) is 0 Å². The van der Waals surface area contributed by atoms with Gasteiger partial charge in [-0.3, -0.25) is 5.84 Å². The summed E-state index contributed by atoms with van der Waals surface area (Å²) in [6.45, 7) is 0. The molecule has 0 bridgehead atoms. The Kier molecular flexibility index (Phi) is 3.67. The summed E-state index contributed by atoms with van der Waals surface area (Å²) in [6, 6.07) is 14.0. The zero-order chi connectivity index (χ0) is 13.9. The van der Waals surface area contributed by atoms with Crippen LogP contribution in [0.4, 0.5) is 4.39 Å². The lowest BCUT2D eigenvalue weighted by molar-refractivity contribution is 0.303. The van der Waals surface area contributed by atoms with Gasteiger partial charge in [0.15, 0.2) is 0 Å². The van der Waals surface area contributed by atoms with E-state index in [0.717, 1.165) is 29.7 Å². The molecule has 0 spiro atoms. The smallest absolute Gasteiger partial charge is 0.123 e. The number of hydrazine groups is 1. The Hall–Kier alpha value is -1.91. The van der Waals surface area contributed by atoms with Crippen LogP contribution in [0.15, 0.2) is 48.5 Å². The van der Waals surface area contributed by atoms with Gasteiger partial charge in [-0.1, -0.05) is 24.3 Å². The zero-order valence-corrected chi connectivity index (χ0v) is 11.1. The van der Waals surface area contributed by atoms with Crippen molar-refractivity contribution in [3.05, 3.63) is 65.5 Å². The maximum atomic E-state index is 13.3. The summed E-state index contributed by atoms with van der Waals surface area (Å²) in [4.78, 5) is 0. The average molecular weight is 272 g/mol. The van der Waals surface area contributed by atoms with Crippen LogP contribution in [0, 0.1) is 5.82 Å². The molecule has 0 aliphatic heterocycles. The fourth-order valence-electron chi connectivity index (χ4n) is 2.19. The molecule has 1 fully saturated rings. The van der Waals surface area contributed by atoms with E-state index in [-0.39, 0.29) is 11.9 Å². The fourth-order valence-corrected chi connectivity index (χ4v) is 2.19. The Bertz CT molecular complexity index is 581. The molecule has 1 aliphatic rings. The van der Waals surface area contributed by atoms with E-state index in [1.165, 1.54) is 12.1 Å². The molecule has 3 rings (SSSR count). The average Bonchev–Trinajstić information content (AvgIpc) is 3.26. The molecule has 3 nitrogen and oxygen atoms in total. The predicted octanol–water partition coefficient (Wildman–Crippen LogP) is 2.92. The third-order valence-electron chi connectivity index (χ3n) is 3.39. The van der Waals surface area contributed by atoms with Gasteiger partial charge in [0.1, 0.15) is 11.6 Å². The van der Waals surface area contributed by atoms with E-state index >= 15 is 0 Å². The molecule has 0 amide bonds. The minimum Gasteiger partial charge on any atom is -0.490 e. The van der Waals surface area contributed by atoms with Crippen molar-refractivity contribution in [2.24, 2.45) is 5.84 Å². The van der Waals surface area contributed by atoms with Crippen LogP contribution in [-0.4, -0.2) is 6.10 Å². The Morgan fingerprint density at radius 3 is 2.45 bits per heavy atom. The van der Waals surface area contributed by atoms with E-state index in [4.69, 9.17) is 10.6 Å². The summed E-state index contributed by atoms with van der Waals surface area (Å²) in [5, 5.41) is 0. The lowest BCUT2D eigenvalue weighted by Crippen LogP contribution is -2.28. The minimum atomic E-state index is -0.267. The van der Waals surface area contributed by atoms with Crippen LogP contribution in [0.2, 0.25) is 0 Å². The second-order valence-corrected chi connectivity index (χ2v) is 5.04. The molecule has 0 radical (unpaired) electrons. The van der Waals surface area contributed by atoms with Gasteiger partial charge < -0.3 is 4.74 Å². The highest BCUT2D eigenvalue weighted by Crippen LogP contribution is 2.28. The van der Waals surface area contributed by atoms with Crippen molar-refractivity contribution in [3.63, 3.8) is 0 Å². The molecule has 1 unspecified atom stereocenters. The Morgan fingerprint density at radius 2 is 1.85 bits per heavy atom. The van der Waals surface area contributed by atoms with Gasteiger partial charge in [-0.2, -0.15) is 0 Å². The van der Waals surface area contributed by atoms with Crippen LogP contribution in [0.1, 0.15) is 30.0 Å². The highest BCUT2D eigenvalue weighted by Gasteiger charge is 2.23. The summed E-state index contributed by atoms with van der Waals surface area (Å²) < 4.78 is 19.0. The van der Waals surface area contributed by atoms with Crippen molar-refractivity contribution < 1.29 is 9.13 Å². The number of nitrogens with two attached hydrogens (primary N) is 1. The van der Waals surface area contributed by atoms with Crippen LogP contribution in [-0.2, 0) is 0 Å². The van der Waals surface area contributed by atoms with Gasteiger partial charge in [-0.15, -0.1) is 0 Å². The van der Waals surface area contributed by atoms with Crippen molar-refractivity contribution in [3.8, 4) is 5.75 Å². The van der Waals surface area contributed by atoms with Gasteiger partial charge in [-0.25, -0.2) is 9.82 Å². The predicted molar refractivity (Wildman–Crippen MR) is 75.7 cm³/mol. The number of ether oxygens (including phenoxy) is 1. The second-order valence-electron chi connectivity index (χ2n) is 5.04. The molecule has 2 aromatic rings. The molecule has 104 valence electrons. The normalized spacial score (nSPS) is 15.9. The van der Waals surface area contributed by atoms with E-state index in [9.17, 15) is 4.39 Å². The summed E-state index contributed by atoms with van der Waals surface area (Å²) >= 11 is 0. The molecule has 3 N–H and O–H groups in total. The van der Waals surface area contributed by atoms with E-state index in [1.807, 2.05) is 30.3 Å². The van der Waals surface area contributed by atoms with Crippen LogP contribution in [0.3, 0.4) is 0 Å². The van der Waals surface area contributed by atoms with Gasteiger partial charge in [-0.05, 0) is 48.2 Å². The summed E-state index contributed by atoms with van der Waals surface area (Å²) in [6.07, 6.45) is 2.66. The quantitative estimate of drug-likeness (QED) is 0.650. The molecule has 0 saturated heterocycles. The topological polar surface area (TPSA) is 47.3 Å². The third-order valence-corrected chi connectivity index (χ3v) is 3.39. The number of halogens is 1. The maximum absolute atomic E-state index is 13.3. The number of rotatable bonds is 5. The van der Waals surface area contributed by atoms with Gasteiger partial charge in [0.25, 0.3) is 0 Å². The lowest BCUT2D eigenvalue weighted by atomic mass is 9.99. The monoisotopic (exact) mass is 272 g/mol. The van der Waals surface area contributed by atoms with Crippen LogP contribution < -0.4 is 16.0 Å². The molecule has 1 atom stereocenters. The first kappa shape index (κ1) is 13.1. The Labute approximate surface area is 117 Å². The largest absolute Gasteiger partial charge is 0.490 e. The molecule has 1 saturated carbocycles. The fraction of sp³-hybridized carbons (Fsp3) is 0.250. The molecule has 1 aliphatic carbocycles. The van der Waals surface area contributed by atoms with Gasteiger partial charge in [0.2, 0.25) is 0 Å². The van der Waals surface area contributed by atoms with E-state index in [1.54, 1.807) is 6.07 Å². The molecule has 20 heavy (non-hydrogen) atoms. The van der Waals surface area contributed by atoms with Crippen molar-refractivity contribution >= 4 is 0 Å². The zero-order valence-electron chi connectivity index (χ0n) is 11.1. The Balaban J connectivity index is 1.81. The molecular weight excluding hydrogens is 255 g/mol. The van der Waals surface area contributed by atoms with Gasteiger partial charge in [0, 0.05) is 0 Å². The first-order chi connectivity index (χ1) is 9.76. The standard InChI is InChI=1S/C16H17FN2O/c17-13-3-1-2-12(10-13)16(19-18)11-4-6-14(7-5-11)20-15-8-9-15/h1-7,10,15-16,19H,8-9,18H2. The van der Waals surface area contributed by atoms with E-state index < -0.39 is 0 Å². The first-order valence-corrected chi connectivity index (χ1v) is 6.74. The summed E-state index contributed by atoms with van der Waals surface area (Å²) in [5.41, 5.74) is 4.50. The molecule has 0 aromatic heterocycles. The second kappa shape index (κ2) is 5.61. The number of hydrogen-bond acceptors (Lipinski definition) is 3. The van der Waals surface area contributed by atoms with Crippen LogP contribution in [0.25, 0.3) is 0 Å². The maximum Gasteiger partial charge on any atom is 0.123 e. The van der Waals surface area contributed by atoms with Crippen molar-refractivity contribution in [1.82, 2.24) is 5.43 Å². The molecule has 0 heterocycles. The number of nitrogens with one attached hydrogen (secondary N) is 1. The highest BCUT2D eigenvalue weighted by molar-refractivity contribution is 5.35. The van der Waals surface area contributed by atoms with Crippen molar-refractivity contribution in [2.45, 2.75) is 25.0 Å². The van der Waals surface area contributed by atoms with Crippen LogP contribution in [0.5, 0.6) is 5.75 Å². The summed E-state index contributed by atoms with van der Waals surface area (Å²) in [7, 11) is 0. The minimum absolute atomic E-state index is 0.235. The summed E-state index contributed by atoms with van der Waals surface area (Å²) in [5.74, 6) is 6.21. The number of benzene rings is 2. The lowest BCUT2D eigenvalue weighted by Gasteiger charge is -2.17. The molecular formula is C16H17FN2O. The van der Waals surface area contributed by atoms with Crippen LogP contribution >= 0.6 is 0 Å². The number of hydrogen-bond donors (Lipinski definition) is 2. The van der Waals surface area contributed by atoms with E-state index in [0.29, 0.717) is 6.10 Å². The van der Waals surface area contributed by atoms with Crippen molar-refractivity contribution in [2.75, 3.05) is 0 Å². The first-order valence-electron chi connectivity index (χ1n) is 6.74. The Morgan fingerprint density at radius 1 is 1.10 bits per heavy atom. The molecule has 4 heteroatoms.